The monoisotopic (exact) mass is 290 g/mol. The van der Waals surface area contributed by atoms with Gasteiger partial charge in [-0.05, 0) is 29.7 Å². The molecule has 0 saturated carbocycles. The van der Waals surface area contributed by atoms with Crippen molar-refractivity contribution >= 4 is 17.7 Å². The molecule has 0 radical (unpaired) electrons. The fourth-order valence-corrected chi connectivity index (χ4v) is 2.68. The van der Waals surface area contributed by atoms with Crippen molar-refractivity contribution in [2.45, 2.75) is 30.4 Å². The summed E-state index contributed by atoms with van der Waals surface area (Å²) in [6.45, 7) is 4.34. The fourth-order valence-electron chi connectivity index (χ4n) is 1.83. The van der Waals surface area contributed by atoms with E-state index in [0.717, 1.165) is 4.90 Å². The van der Waals surface area contributed by atoms with E-state index in [1.54, 1.807) is 17.8 Å². The number of hydrogen-bond acceptors (Lipinski definition) is 4. The molecule has 0 aliphatic rings. The molecule has 2 aromatic rings. The van der Waals surface area contributed by atoms with Crippen LogP contribution in [-0.4, -0.2) is 5.91 Å². The Kier molecular flexibility index (Phi) is 4.87. The molecule has 0 unspecified atom stereocenters. The maximum Gasteiger partial charge on any atom is 0.268 e. The molecule has 2 rings (SSSR count). The molecule has 1 aromatic heterocycles. The van der Waals surface area contributed by atoms with Gasteiger partial charge in [-0.25, -0.2) is 5.84 Å². The molecule has 5 heteroatoms. The molecule has 0 bridgehead atoms. The van der Waals surface area contributed by atoms with E-state index in [1.807, 2.05) is 0 Å². The van der Waals surface area contributed by atoms with Crippen molar-refractivity contribution in [2.75, 3.05) is 0 Å². The molecule has 1 aromatic carbocycles. The van der Waals surface area contributed by atoms with Crippen LogP contribution in [-0.2, 0) is 5.75 Å². The van der Waals surface area contributed by atoms with Crippen molar-refractivity contribution in [2.24, 2.45) is 5.84 Å². The first-order chi connectivity index (χ1) is 9.61. The van der Waals surface area contributed by atoms with Gasteiger partial charge in [0.2, 0.25) is 0 Å². The van der Waals surface area contributed by atoms with Gasteiger partial charge < -0.3 is 4.42 Å². The third kappa shape index (κ3) is 3.43. The lowest BCUT2D eigenvalue weighted by molar-refractivity contribution is 0.0952. The maximum absolute atomic E-state index is 11.5. The summed E-state index contributed by atoms with van der Waals surface area (Å²) < 4.78 is 5.33. The van der Waals surface area contributed by atoms with Crippen molar-refractivity contribution in [3.63, 3.8) is 0 Å². The molecule has 1 amide bonds. The van der Waals surface area contributed by atoms with Crippen molar-refractivity contribution in [3.8, 4) is 0 Å². The van der Waals surface area contributed by atoms with E-state index in [4.69, 9.17) is 10.3 Å². The van der Waals surface area contributed by atoms with Gasteiger partial charge >= 0.3 is 0 Å². The number of thioether (sulfide) groups is 1. The van der Waals surface area contributed by atoms with Crippen molar-refractivity contribution in [3.05, 3.63) is 53.5 Å². The Labute approximate surface area is 122 Å². The predicted octanol–water partition coefficient (Wildman–Crippen LogP) is 3.30. The number of hydrazine groups is 1. The Hall–Kier alpha value is -1.72. The number of hydrogen-bond donors (Lipinski definition) is 2. The van der Waals surface area contributed by atoms with E-state index in [2.05, 4.69) is 43.5 Å². The number of furan rings is 1. The zero-order chi connectivity index (χ0) is 14.5. The Balaban J connectivity index is 2.02. The smallest absolute Gasteiger partial charge is 0.268 e. The lowest BCUT2D eigenvalue weighted by Crippen LogP contribution is -2.30. The number of amides is 1. The highest BCUT2D eigenvalue weighted by atomic mass is 32.2. The minimum atomic E-state index is -0.329. The third-order valence-corrected chi connectivity index (χ3v) is 4.05. The van der Waals surface area contributed by atoms with Gasteiger partial charge in [0.1, 0.15) is 5.76 Å². The van der Waals surface area contributed by atoms with E-state index in [1.165, 1.54) is 11.8 Å². The highest BCUT2D eigenvalue weighted by Gasteiger charge is 2.13. The van der Waals surface area contributed by atoms with Crippen molar-refractivity contribution in [1.82, 2.24) is 5.43 Å². The van der Waals surface area contributed by atoms with Gasteiger partial charge in [0.15, 0.2) is 0 Å². The van der Waals surface area contributed by atoms with Gasteiger partial charge in [-0.15, -0.1) is 11.8 Å². The fraction of sp³-hybridized carbons (Fsp3) is 0.267. The second-order valence-corrected chi connectivity index (χ2v) is 5.79. The minimum absolute atomic E-state index is 0.329. The molecule has 0 atom stereocenters. The number of carbonyl (C=O) groups is 1. The summed E-state index contributed by atoms with van der Waals surface area (Å²) >= 11 is 1.63. The summed E-state index contributed by atoms with van der Waals surface area (Å²) in [5.74, 6) is 6.56. The number of rotatable bonds is 5. The molecule has 0 saturated heterocycles. The highest BCUT2D eigenvalue weighted by molar-refractivity contribution is 7.98. The zero-order valence-electron chi connectivity index (χ0n) is 11.6. The summed E-state index contributed by atoms with van der Waals surface area (Å²) in [5, 5.41) is 0. The second kappa shape index (κ2) is 6.63. The van der Waals surface area contributed by atoms with E-state index in [-0.39, 0.29) is 5.91 Å². The molecule has 106 valence electrons. The minimum Gasteiger partial charge on any atom is -0.468 e. The first-order valence-corrected chi connectivity index (χ1v) is 7.40. The number of benzene rings is 1. The van der Waals surface area contributed by atoms with Gasteiger partial charge in [0.25, 0.3) is 5.91 Å². The van der Waals surface area contributed by atoms with Crippen LogP contribution in [0, 0.1) is 0 Å². The van der Waals surface area contributed by atoms with Gasteiger partial charge in [0.05, 0.1) is 17.6 Å². The first kappa shape index (κ1) is 14.7. The SMILES string of the molecule is CC(C)c1ccc(SCc2occc2C(=O)NN)cc1. The summed E-state index contributed by atoms with van der Waals surface area (Å²) in [4.78, 5) is 12.7. The number of carbonyl (C=O) groups excluding carboxylic acids is 1. The Bertz CT molecular complexity index is 576. The normalized spacial score (nSPS) is 10.8. The van der Waals surface area contributed by atoms with Crippen LogP contribution in [0.15, 0.2) is 45.9 Å². The molecular weight excluding hydrogens is 272 g/mol. The van der Waals surface area contributed by atoms with Crippen molar-refractivity contribution in [1.29, 1.82) is 0 Å². The average Bonchev–Trinajstić information content (AvgIpc) is 2.93. The predicted molar refractivity (Wildman–Crippen MR) is 80.5 cm³/mol. The summed E-state index contributed by atoms with van der Waals surface area (Å²) in [6.07, 6.45) is 1.50. The van der Waals surface area contributed by atoms with Crippen LogP contribution in [0.3, 0.4) is 0 Å². The van der Waals surface area contributed by atoms with Gasteiger partial charge in [-0.3, -0.25) is 10.2 Å². The van der Waals surface area contributed by atoms with E-state index in [9.17, 15) is 4.79 Å². The summed E-state index contributed by atoms with van der Waals surface area (Å²) in [5.41, 5.74) is 3.92. The van der Waals surface area contributed by atoms with E-state index < -0.39 is 0 Å². The topological polar surface area (TPSA) is 68.3 Å². The van der Waals surface area contributed by atoms with E-state index >= 15 is 0 Å². The number of nitrogens with two attached hydrogens (primary N) is 1. The van der Waals surface area contributed by atoms with Crippen LogP contribution in [0.4, 0.5) is 0 Å². The van der Waals surface area contributed by atoms with Gasteiger partial charge in [-0.2, -0.15) is 0 Å². The molecule has 20 heavy (non-hydrogen) atoms. The van der Waals surface area contributed by atoms with Gasteiger partial charge in [-0.1, -0.05) is 26.0 Å². The first-order valence-electron chi connectivity index (χ1n) is 6.42. The average molecular weight is 290 g/mol. The Morgan fingerprint density at radius 3 is 2.60 bits per heavy atom. The summed E-state index contributed by atoms with van der Waals surface area (Å²) in [6, 6.07) is 10.1. The van der Waals surface area contributed by atoms with Crippen LogP contribution in [0.25, 0.3) is 0 Å². The Morgan fingerprint density at radius 1 is 1.30 bits per heavy atom. The lowest BCUT2D eigenvalue weighted by Gasteiger charge is -2.06. The Morgan fingerprint density at radius 2 is 2.00 bits per heavy atom. The molecule has 0 aliphatic carbocycles. The number of nitrogens with one attached hydrogen (secondary N) is 1. The molecule has 4 nitrogen and oxygen atoms in total. The van der Waals surface area contributed by atoms with Crippen molar-refractivity contribution < 1.29 is 9.21 Å². The molecule has 0 aliphatic heterocycles. The second-order valence-electron chi connectivity index (χ2n) is 4.74. The maximum atomic E-state index is 11.5. The van der Waals surface area contributed by atoms with Crippen LogP contribution in [0.1, 0.15) is 41.4 Å². The molecular formula is C15H18N2O2S. The van der Waals surface area contributed by atoms with Crippen LogP contribution >= 0.6 is 11.8 Å². The quantitative estimate of drug-likeness (QED) is 0.384. The van der Waals surface area contributed by atoms with Crippen LogP contribution in [0.2, 0.25) is 0 Å². The lowest BCUT2D eigenvalue weighted by atomic mass is 10.0. The summed E-state index contributed by atoms with van der Waals surface area (Å²) in [7, 11) is 0. The highest BCUT2D eigenvalue weighted by Crippen LogP contribution is 2.26. The third-order valence-electron chi connectivity index (χ3n) is 3.04. The molecule has 0 spiro atoms. The molecule has 3 N–H and O–H groups in total. The number of nitrogen functional groups attached to an aromatic ring is 1. The zero-order valence-corrected chi connectivity index (χ0v) is 12.4. The van der Waals surface area contributed by atoms with Crippen LogP contribution < -0.4 is 11.3 Å². The van der Waals surface area contributed by atoms with E-state index in [0.29, 0.717) is 23.0 Å². The van der Waals surface area contributed by atoms with Crippen LogP contribution in [0.5, 0.6) is 0 Å². The van der Waals surface area contributed by atoms with Gasteiger partial charge in [0, 0.05) is 4.90 Å². The largest absolute Gasteiger partial charge is 0.468 e. The standard InChI is InChI=1S/C15H18N2O2S/c1-10(2)11-3-5-12(6-4-11)20-9-14-13(7-8-19-14)15(18)17-16/h3-8,10H,9,16H2,1-2H3,(H,17,18). The molecule has 1 heterocycles. The molecule has 0 fully saturated rings.